The van der Waals surface area contributed by atoms with Crippen molar-refractivity contribution in [3.63, 3.8) is 0 Å². The molecular formula is C12H7N. The molecule has 0 N–H and O–H groups in total. The minimum atomic E-state index is 1.03. The van der Waals surface area contributed by atoms with Crippen LogP contribution in [0.2, 0.25) is 0 Å². The molecule has 0 amide bonds. The number of hydrogen-bond donors (Lipinski definition) is 0. The van der Waals surface area contributed by atoms with E-state index in [-0.39, 0.29) is 0 Å². The van der Waals surface area contributed by atoms with Gasteiger partial charge in [-0.2, -0.15) is 0 Å². The summed E-state index contributed by atoms with van der Waals surface area (Å²) >= 11 is 0. The highest BCUT2D eigenvalue weighted by Crippen LogP contribution is 2.32. The molecule has 2 radical (unpaired) electrons. The minimum Gasteiger partial charge on any atom is -0.260 e. The van der Waals surface area contributed by atoms with Crippen molar-refractivity contribution in [1.82, 2.24) is 0 Å². The van der Waals surface area contributed by atoms with Gasteiger partial charge in [-0.15, -0.1) is 0 Å². The summed E-state index contributed by atoms with van der Waals surface area (Å²) in [6.07, 6.45) is 4.88. The third kappa shape index (κ3) is 0.903. The second-order valence-electron chi connectivity index (χ2n) is 3.08. The molecule has 0 aliphatic carbocycles. The summed E-state index contributed by atoms with van der Waals surface area (Å²) in [6, 6.07) is 12.4. The molecule has 60 valence electrons. The first-order chi connectivity index (χ1) is 6.45. The van der Waals surface area contributed by atoms with Gasteiger partial charge in [0.15, 0.2) is 0 Å². The Hall–Kier alpha value is -1.63. The highest BCUT2D eigenvalue weighted by atomic mass is 14.7. The van der Waals surface area contributed by atoms with Crippen LogP contribution in [0.4, 0.5) is 5.69 Å². The Balaban J connectivity index is 2.46. The summed E-state index contributed by atoms with van der Waals surface area (Å²) in [5, 5.41) is 2.48. The standard InChI is InChI=1S/C12H7N/c1-2-4-10-9(3-1)5-6-12-11(10)7-8-13-12/h1-6,8H. The molecule has 1 heterocycles. The number of aliphatic imine (C=N–C) groups is 1. The molecule has 1 aliphatic heterocycles. The lowest BCUT2D eigenvalue weighted by atomic mass is 10.0. The maximum absolute atomic E-state index is 4.21. The number of hydrogen-bond acceptors (Lipinski definition) is 1. The Morgan fingerprint density at radius 1 is 1.00 bits per heavy atom. The molecule has 0 saturated carbocycles. The number of fused-ring (bicyclic) bond motifs is 3. The molecule has 2 aromatic rings. The van der Waals surface area contributed by atoms with Crippen LogP contribution >= 0.6 is 0 Å². The van der Waals surface area contributed by atoms with Crippen molar-refractivity contribution in [3.05, 3.63) is 48.4 Å². The van der Waals surface area contributed by atoms with Gasteiger partial charge in [0, 0.05) is 6.21 Å². The molecular weight excluding hydrogens is 158 g/mol. The first kappa shape index (κ1) is 6.84. The summed E-state index contributed by atoms with van der Waals surface area (Å²) < 4.78 is 0. The van der Waals surface area contributed by atoms with E-state index < -0.39 is 0 Å². The maximum atomic E-state index is 4.21. The van der Waals surface area contributed by atoms with E-state index >= 15 is 0 Å². The molecule has 2 aromatic carbocycles. The van der Waals surface area contributed by atoms with Crippen LogP contribution in [-0.4, -0.2) is 6.21 Å². The molecule has 0 aromatic heterocycles. The summed E-state index contributed by atoms with van der Waals surface area (Å²) in [7, 11) is 0. The lowest BCUT2D eigenvalue weighted by Gasteiger charge is -2.02. The van der Waals surface area contributed by atoms with Crippen LogP contribution in [0.25, 0.3) is 10.8 Å². The van der Waals surface area contributed by atoms with Crippen LogP contribution in [0.3, 0.4) is 0 Å². The Labute approximate surface area is 76.7 Å². The smallest absolute Gasteiger partial charge is 0.0674 e. The molecule has 0 bridgehead atoms. The van der Waals surface area contributed by atoms with Crippen LogP contribution in [0, 0.1) is 6.42 Å². The number of rotatable bonds is 0. The van der Waals surface area contributed by atoms with Crippen LogP contribution in [0.15, 0.2) is 41.4 Å². The average molecular weight is 165 g/mol. The van der Waals surface area contributed by atoms with E-state index in [0.717, 1.165) is 11.3 Å². The quantitative estimate of drug-likeness (QED) is 0.569. The van der Waals surface area contributed by atoms with Crippen molar-refractivity contribution in [3.8, 4) is 0 Å². The van der Waals surface area contributed by atoms with E-state index in [1.165, 1.54) is 10.8 Å². The largest absolute Gasteiger partial charge is 0.260 e. The Morgan fingerprint density at radius 2 is 1.92 bits per heavy atom. The van der Waals surface area contributed by atoms with E-state index in [0.29, 0.717) is 0 Å². The Bertz CT molecular complexity index is 497. The van der Waals surface area contributed by atoms with Crippen molar-refractivity contribution in [2.24, 2.45) is 4.99 Å². The predicted molar refractivity (Wildman–Crippen MR) is 54.4 cm³/mol. The number of benzene rings is 2. The Morgan fingerprint density at radius 3 is 2.92 bits per heavy atom. The van der Waals surface area contributed by atoms with Crippen molar-refractivity contribution in [1.29, 1.82) is 0 Å². The molecule has 0 spiro atoms. The SMILES string of the molecule is [C]1C=Nc2ccc3ccccc3c21. The lowest BCUT2D eigenvalue weighted by molar-refractivity contribution is 1.57. The second-order valence-corrected chi connectivity index (χ2v) is 3.08. The summed E-state index contributed by atoms with van der Waals surface area (Å²) in [5.41, 5.74) is 2.15. The molecule has 0 fully saturated rings. The fourth-order valence-electron chi connectivity index (χ4n) is 1.69. The molecule has 1 heteroatoms. The molecule has 1 aliphatic rings. The first-order valence-electron chi connectivity index (χ1n) is 4.26. The van der Waals surface area contributed by atoms with Gasteiger partial charge in [0.05, 0.1) is 12.1 Å². The second kappa shape index (κ2) is 2.43. The van der Waals surface area contributed by atoms with Gasteiger partial charge in [-0.05, 0) is 22.4 Å². The van der Waals surface area contributed by atoms with E-state index in [1.807, 2.05) is 18.2 Å². The minimum absolute atomic E-state index is 1.03. The fraction of sp³-hybridized carbons (Fsp3) is 0. The first-order valence-corrected chi connectivity index (χ1v) is 4.26. The van der Waals surface area contributed by atoms with Crippen LogP contribution < -0.4 is 0 Å². The summed E-state index contributed by atoms with van der Waals surface area (Å²) in [5.74, 6) is 0. The van der Waals surface area contributed by atoms with Gasteiger partial charge in [-0.3, -0.25) is 4.99 Å². The van der Waals surface area contributed by atoms with E-state index in [1.54, 1.807) is 6.21 Å². The monoisotopic (exact) mass is 165 g/mol. The van der Waals surface area contributed by atoms with Crippen molar-refractivity contribution in [2.75, 3.05) is 0 Å². The normalized spacial score (nSPS) is 13.5. The maximum Gasteiger partial charge on any atom is 0.0674 e. The molecule has 13 heavy (non-hydrogen) atoms. The fourth-order valence-corrected chi connectivity index (χ4v) is 1.69. The highest BCUT2D eigenvalue weighted by Gasteiger charge is 2.09. The predicted octanol–water partition coefficient (Wildman–Crippen LogP) is 2.99. The topological polar surface area (TPSA) is 12.4 Å². The molecule has 0 unspecified atom stereocenters. The Kier molecular flexibility index (Phi) is 1.28. The van der Waals surface area contributed by atoms with E-state index in [9.17, 15) is 0 Å². The summed E-state index contributed by atoms with van der Waals surface area (Å²) in [6.45, 7) is 0. The van der Waals surface area contributed by atoms with Crippen molar-refractivity contribution < 1.29 is 0 Å². The van der Waals surface area contributed by atoms with Crippen LogP contribution in [0.1, 0.15) is 5.56 Å². The average Bonchev–Trinajstić information content (AvgIpc) is 2.65. The highest BCUT2D eigenvalue weighted by molar-refractivity contribution is 5.99. The summed E-state index contributed by atoms with van der Waals surface area (Å²) in [4.78, 5) is 4.21. The van der Waals surface area contributed by atoms with Gasteiger partial charge in [0.1, 0.15) is 0 Å². The lowest BCUT2D eigenvalue weighted by Crippen LogP contribution is -1.79. The van der Waals surface area contributed by atoms with Crippen LogP contribution in [-0.2, 0) is 0 Å². The molecule has 1 nitrogen and oxygen atoms in total. The zero-order valence-electron chi connectivity index (χ0n) is 6.99. The van der Waals surface area contributed by atoms with Gasteiger partial charge in [0.2, 0.25) is 0 Å². The molecule has 0 saturated heterocycles. The zero-order valence-corrected chi connectivity index (χ0v) is 6.99. The van der Waals surface area contributed by atoms with E-state index in [4.69, 9.17) is 0 Å². The van der Waals surface area contributed by atoms with Gasteiger partial charge >= 0.3 is 0 Å². The van der Waals surface area contributed by atoms with Crippen molar-refractivity contribution >= 4 is 22.7 Å². The van der Waals surface area contributed by atoms with Crippen LogP contribution in [0.5, 0.6) is 0 Å². The molecule has 0 atom stereocenters. The van der Waals surface area contributed by atoms with Gasteiger partial charge in [-0.25, -0.2) is 0 Å². The van der Waals surface area contributed by atoms with Crippen molar-refractivity contribution in [2.45, 2.75) is 0 Å². The van der Waals surface area contributed by atoms with E-state index in [2.05, 4.69) is 29.6 Å². The third-order valence-electron chi connectivity index (χ3n) is 2.32. The van der Waals surface area contributed by atoms with Gasteiger partial charge in [-0.1, -0.05) is 30.3 Å². The van der Waals surface area contributed by atoms with Gasteiger partial charge in [0.25, 0.3) is 0 Å². The third-order valence-corrected chi connectivity index (χ3v) is 2.32. The number of nitrogens with zero attached hydrogens (tertiary/aromatic N) is 1. The van der Waals surface area contributed by atoms with Gasteiger partial charge < -0.3 is 0 Å². The zero-order chi connectivity index (χ0) is 8.67. The molecule has 3 rings (SSSR count).